The summed E-state index contributed by atoms with van der Waals surface area (Å²) in [6, 6.07) is 0. The van der Waals surface area contributed by atoms with Gasteiger partial charge in [0.2, 0.25) is 0 Å². The van der Waals surface area contributed by atoms with Crippen LogP contribution < -0.4 is 0 Å². The number of allylic oxidation sites excluding steroid dienone is 3. The monoisotopic (exact) mass is 412 g/mol. The molecule has 0 aromatic heterocycles. The largest absolute Gasteiger partial charge is 0.464 e. The van der Waals surface area contributed by atoms with Gasteiger partial charge in [-0.2, -0.15) is 0 Å². The second-order valence-electron chi connectivity index (χ2n) is 12.0. The minimum absolute atomic E-state index is 0.113. The van der Waals surface area contributed by atoms with Crippen molar-refractivity contribution in [2.24, 2.45) is 46.3 Å². The Balaban J connectivity index is 1.51. The van der Waals surface area contributed by atoms with Crippen LogP contribution in [-0.2, 0) is 9.53 Å². The molecule has 0 aromatic carbocycles. The maximum absolute atomic E-state index is 10.8. The first-order valence-corrected chi connectivity index (χ1v) is 12.7. The summed E-state index contributed by atoms with van der Waals surface area (Å²) in [5, 5.41) is 0. The van der Waals surface area contributed by atoms with Crippen LogP contribution in [0.25, 0.3) is 0 Å². The van der Waals surface area contributed by atoms with E-state index in [9.17, 15) is 4.79 Å². The first-order valence-electron chi connectivity index (χ1n) is 12.7. The Bertz CT molecular complexity index is 691. The van der Waals surface area contributed by atoms with Crippen LogP contribution in [0.1, 0.15) is 92.4 Å². The highest BCUT2D eigenvalue weighted by Crippen LogP contribution is 2.67. The van der Waals surface area contributed by atoms with Crippen molar-refractivity contribution < 1.29 is 9.53 Å². The smallest absolute Gasteiger partial charge is 0.293 e. The fourth-order valence-corrected chi connectivity index (χ4v) is 8.43. The third kappa shape index (κ3) is 3.71. The van der Waals surface area contributed by atoms with Crippen molar-refractivity contribution in [3.8, 4) is 0 Å². The molecular formula is C28H44O2. The highest BCUT2D eigenvalue weighted by Gasteiger charge is 2.59. The molecule has 2 nitrogen and oxygen atoms in total. The Morgan fingerprint density at radius 1 is 1.10 bits per heavy atom. The molecule has 8 atom stereocenters. The minimum atomic E-state index is 0.113. The van der Waals surface area contributed by atoms with Gasteiger partial charge in [-0.3, -0.25) is 4.79 Å². The fraction of sp³-hybridized carbons (Fsp3) is 0.821. The van der Waals surface area contributed by atoms with Crippen molar-refractivity contribution in [1.29, 1.82) is 0 Å². The number of hydrogen-bond donors (Lipinski definition) is 0. The second kappa shape index (κ2) is 8.47. The summed E-state index contributed by atoms with van der Waals surface area (Å²) in [6.45, 7) is 12.9. The second-order valence-corrected chi connectivity index (χ2v) is 12.0. The first-order chi connectivity index (χ1) is 14.3. The molecule has 0 heterocycles. The van der Waals surface area contributed by atoms with Crippen LogP contribution in [0.2, 0.25) is 0 Å². The van der Waals surface area contributed by atoms with Gasteiger partial charge in [0.1, 0.15) is 6.10 Å². The maximum Gasteiger partial charge on any atom is 0.293 e. The lowest BCUT2D eigenvalue weighted by Gasteiger charge is -2.58. The molecule has 3 fully saturated rings. The van der Waals surface area contributed by atoms with Crippen molar-refractivity contribution in [1.82, 2.24) is 0 Å². The van der Waals surface area contributed by atoms with Crippen LogP contribution in [0.5, 0.6) is 0 Å². The van der Waals surface area contributed by atoms with E-state index < -0.39 is 0 Å². The standard InChI is InChI=1S/C28H44O2/c1-19(2)7-6-8-20(3)24-11-12-25-23-10-9-21-17-22(30-18-29)13-15-27(21,4)26(23)14-16-28(24,25)5/h6,8-9,18-20,22-26H,7,10-17H2,1-5H3/b8-6+/t20-,22+,23+,24-,25+,26+,27+,28-/m1/s1. The quantitative estimate of drug-likeness (QED) is 0.337. The molecule has 4 aliphatic carbocycles. The van der Waals surface area contributed by atoms with Gasteiger partial charge in [0, 0.05) is 6.42 Å². The average Bonchev–Trinajstić information content (AvgIpc) is 3.05. The first kappa shape index (κ1) is 22.2. The molecule has 4 rings (SSSR count). The predicted molar refractivity (Wildman–Crippen MR) is 124 cm³/mol. The molecule has 168 valence electrons. The van der Waals surface area contributed by atoms with Gasteiger partial charge in [0.15, 0.2) is 0 Å². The van der Waals surface area contributed by atoms with Crippen LogP contribution in [0.15, 0.2) is 23.8 Å². The number of rotatable bonds is 6. The summed E-state index contributed by atoms with van der Waals surface area (Å²) < 4.78 is 5.36. The van der Waals surface area contributed by atoms with E-state index in [-0.39, 0.29) is 6.10 Å². The summed E-state index contributed by atoms with van der Waals surface area (Å²) in [7, 11) is 0. The molecule has 0 unspecified atom stereocenters. The van der Waals surface area contributed by atoms with Gasteiger partial charge >= 0.3 is 0 Å². The summed E-state index contributed by atoms with van der Waals surface area (Å²) >= 11 is 0. The number of ether oxygens (including phenoxy) is 1. The number of carbonyl (C=O) groups excluding carboxylic acids is 1. The third-order valence-corrected chi connectivity index (χ3v) is 10.1. The van der Waals surface area contributed by atoms with E-state index in [1.54, 1.807) is 5.57 Å². The molecule has 0 spiro atoms. The molecule has 0 amide bonds. The average molecular weight is 413 g/mol. The van der Waals surface area contributed by atoms with E-state index in [2.05, 4.69) is 52.8 Å². The summed E-state index contributed by atoms with van der Waals surface area (Å²) in [5.41, 5.74) is 2.46. The number of hydrogen-bond acceptors (Lipinski definition) is 2. The molecule has 4 aliphatic rings. The van der Waals surface area contributed by atoms with Crippen molar-refractivity contribution in [2.45, 2.75) is 98.5 Å². The predicted octanol–water partition coefficient (Wildman–Crippen LogP) is 7.35. The van der Waals surface area contributed by atoms with Crippen LogP contribution in [0, 0.1) is 46.3 Å². The zero-order valence-corrected chi connectivity index (χ0v) is 20.0. The topological polar surface area (TPSA) is 26.3 Å². The van der Waals surface area contributed by atoms with Gasteiger partial charge in [-0.15, -0.1) is 0 Å². The molecule has 0 saturated heterocycles. The SMILES string of the molecule is CC(C)C/C=C/[C@@H](C)[C@H]1CC[C@H]2[C@@H]3CC=C4C[C@@H](OC=O)CC[C@]4(C)[C@H]3CC[C@]12C. The molecule has 0 aromatic rings. The Labute approximate surface area is 184 Å². The van der Waals surface area contributed by atoms with Crippen LogP contribution in [0.3, 0.4) is 0 Å². The van der Waals surface area contributed by atoms with Crippen LogP contribution in [0.4, 0.5) is 0 Å². The van der Waals surface area contributed by atoms with E-state index >= 15 is 0 Å². The van der Waals surface area contributed by atoms with Crippen LogP contribution in [-0.4, -0.2) is 12.6 Å². The van der Waals surface area contributed by atoms with Crippen molar-refractivity contribution >= 4 is 6.47 Å². The van der Waals surface area contributed by atoms with Crippen LogP contribution >= 0.6 is 0 Å². The zero-order chi connectivity index (χ0) is 21.5. The van der Waals surface area contributed by atoms with Gasteiger partial charge in [-0.05, 0) is 97.7 Å². The van der Waals surface area contributed by atoms with Gasteiger partial charge in [-0.1, -0.05) is 58.4 Å². The maximum atomic E-state index is 10.8. The fourth-order valence-electron chi connectivity index (χ4n) is 8.43. The Morgan fingerprint density at radius 3 is 2.63 bits per heavy atom. The molecule has 0 N–H and O–H groups in total. The number of carbonyl (C=O) groups is 1. The van der Waals surface area contributed by atoms with Gasteiger partial charge < -0.3 is 4.74 Å². The Kier molecular flexibility index (Phi) is 6.26. The summed E-state index contributed by atoms with van der Waals surface area (Å²) in [5.74, 6) is 4.89. The molecular weight excluding hydrogens is 368 g/mol. The Hall–Kier alpha value is -1.05. The van der Waals surface area contributed by atoms with E-state index in [4.69, 9.17) is 4.74 Å². The van der Waals surface area contributed by atoms with Gasteiger partial charge in [0.05, 0.1) is 0 Å². The lowest BCUT2D eigenvalue weighted by Crippen LogP contribution is -2.50. The minimum Gasteiger partial charge on any atom is -0.464 e. The van der Waals surface area contributed by atoms with Gasteiger partial charge in [-0.25, -0.2) is 0 Å². The van der Waals surface area contributed by atoms with E-state index in [0.717, 1.165) is 42.4 Å². The molecule has 0 aliphatic heterocycles. The lowest BCUT2D eigenvalue weighted by atomic mass is 9.47. The number of fused-ring (bicyclic) bond motifs is 5. The molecule has 3 saturated carbocycles. The Morgan fingerprint density at radius 2 is 1.90 bits per heavy atom. The van der Waals surface area contributed by atoms with E-state index in [1.165, 1.54) is 44.9 Å². The summed E-state index contributed by atoms with van der Waals surface area (Å²) in [4.78, 5) is 10.8. The van der Waals surface area contributed by atoms with Crippen molar-refractivity contribution in [2.75, 3.05) is 0 Å². The third-order valence-electron chi connectivity index (χ3n) is 10.1. The molecule has 0 bridgehead atoms. The van der Waals surface area contributed by atoms with Gasteiger partial charge in [0.25, 0.3) is 6.47 Å². The van der Waals surface area contributed by atoms with E-state index in [0.29, 0.717) is 23.2 Å². The molecule has 2 heteroatoms. The van der Waals surface area contributed by atoms with Crippen molar-refractivity contribution in [3.05, 3.63) is 23.8 Å². The summed E-state index contributed by atoms with van der Waals surface area (Å²) in [6.07, 6.45) is 19.0. The molecule has 30 heavy (non-hydrogen) atoms. The lowest BCUT2D eigenvalue weighted by molar-refractivity contribution is -0.136. The van der Waals surface area contributed by atoms with E-state index in [1.807, 2.05) is 0 Å². The zero-order valence-electron chi connectivity index (χ0n) is 20.0. The highest BCUT2D eigenvalue weighted by molar-refractivity contribution is 5.38. The molecule has 0 radical (unpaired) electrons. The van der Waals surface area contributed by atoms with Crippen molar-refractivity contribution in [3.63, 3.8) is 0 Å². The highest BCUT2D eigenvalue weighted by atomic mass is 16.5. The normalized spacial score (nSPS) is 44.2.